The largest absolute Gasteiger partial charge is 0.496 e. The number of hydrogen-bond donors (Lipinski definition) is 1. The second-order valence-corrected chi connectivity index (χ2v) is 5.25. The molecule has 0 radical (unpaired) electrons. The third-order valence-corrected chi connectivity index (χ3v) is 3.48. The van der Waals surface area contributed by atoms with Crippen LogP contribution < -0.4 is 10.1 Å². The smallest absolute Gasteiger partial charge is 0.328 e. The highest BCUT2D eigenvalue weighted by atomic mass is 32.2. The van der Waals surface area contributed by atoms with E-state index in [-0.39, 0.29) is 5.91 Å². The molecule has 1 amide bonds. The van der Waals surface area contributed by atoms with Crippen molar-refractivity contribution in [3.05, 3.63) is 29.8 Å². The molecule has 0 spiro atoms. The summed E-state index contributed by atoms with van der Waals surface area (Å²) in [5.74, 6) is 0.485. The molecule has 0 fully saturated rings. The highest BCUT2D eigenvalue weighted by Crippen LogP contribution is 2.17. The number of rotatable bonds is 8. The SMILES string of the molecule is CCOC(=O)C(CCSC)NC(=O)c1ccccc1OC. The normalized spacial score (nSPS) is 11.6. The lowest BCUT2D eigenvalue weighted by molar-refractivity contribution is -0.145. The van der Waals surface area contributed by atoms with Crippen LogP contribution in [-0.4, -0.2) is 43.6 Å². The number of benzene rings is 1. The molecule has 0 aliphatic heterocycles. The molecule has 5 nitrogen and oxygen atoms in total. The van der Waals surface area contributed by atoms with Crippen LogP contribution in [0.5, 0.6) is 5.75 Å². The zero-order valence-electron chi connectivity index (χ0n) is 12.5. The summed E-state index contributed by atoms with van der Waals surface area (Å²) in [7, 11) is 1.50. The van der Waals surface area contributed by atoms with Gasteiger partial charge in [-0.05, 0) is 37.5 Å². The lowest BCUT2D eigenvalue weighted by Gasteiger charge is -2.17. The fraction of sp³-hybridized carbons (Fsp3) is 0.467. The summed E-state index contributed by atoms with van der Waals surface area (Å²) in [5, 5.41) is 2.72. The molecule has 0 saturated carbocycles. The van der Waals surface area contributed by atoms with E-state index in [4.69, 9.17) is 9.47 Å². The Labute approximate surface area is 129 Å². The maximum atomic E-state index is 12.3. The summed E-state index contributed by atoms with van der Waals surface area (Å²) >= 11 is 1.61. The van der Waals surface area contributed by atoms with Crippen LogP contribution in [0, 0.1) is 0 Å². The van der Waals surface area contributed by atoms with Crippen molar-refractivity contribution in [2.75, 3.05) is 25.7 Å². The molecule has 1 unspecified atom stereocenters. The predicted octanol–water partition coefficient (Wildman–Crippen LogP) is 2.11. The third kappa shape index (κ3) is 5.30. The zero-order chi connectivity index (χ0) is 15.7. The zero-order valence-corrected chi connectivity index (χ0v) is 13.4. The molecular weight excluding hydrogens is 290 g/mol. The molecule has 0 heterocycles. The third-order valence-electron chi connectivity index (χ3n) is 2.84. The van der Waals surface area contributed by atoms with Crippen LogP contribution in [0.25, 0.3) is 0 Å². The molecule has 0 aliphatic rings. The van der Waals surface area contributed by atoms with Crippen molar-refractivity contribution in [1.82, 2.24) is 5.32 Å². The van der Waals surface area contributed by atoms with Gasteiger partial charge in [0.2, 0.25) is 0 Å². The van der Waals surface area contributed by atoms with E-state index in [2.05, 4.69) is 5.32 Å². The van der Waals surface area contributed by atoms with E-state index in [1.807, 2.05) is 6.26 Å². The Hall–Kier alpha value is -1.69. The summed E-state index contributed by atoms with van der Waals surface area (Å²) < 4.78 is 10.2. The Morgan fingerprint density at radius 1 is 1.33 bits per heavy atom. The Morgan fingerprint density at radius 2 is 2.05 bits per heavy atom. The Morgan fingerprint density at radius 3 is 2.67 bits per heavy atom. The fourth-order valence-corrected chi connectivity index (χ4v) is 2.27. The number of thioether (sulfide) groups is 1. The van der Waals surface area contributed by atoms with E-state index >= 15 is 0 Å². The molecule has 1 N–H and O–H groups in total. The van der Waals surface area contributed by atoms with Crippen LogP contribution in [0.15, 0.2) is 24.3 Å². The van der Waals surface area contributed by atoms with Gasteiger partial charge < -0.3 is 14.8 Å². The summed E-state index contributed by atoms with van der Waals surface area (Å²) in [6.45, 7) is 2.03. The highest BCUT2D eigenvalue weighted by molar-refractivity contribution is 7.98. The van der Waals surface area contributed by atoms with Gasteiger partial charge in [0.05, 0.1) is 19.3 Å². The van der Waals surface area contributed by atoms with Gasteiger partial charge >= 0.3 is 5.97 Å². The van der Waals surface area contributed by atoms with Crippen LogP contribution in [-0.2, 0) is 9.53 Å². The van der Waals surface area contributed by atoms with Crippen molar-refractivity contribution in [2.24, 2.45) is 0 Å². The van der Waals surface area contributed by atoms with Gasteiger partial charge in [-0.15, -0.1) is 0 Å². The highest BCUT2D eigenvalue weighted by Gasteiger charge is 2.23. The van der Waals surface area contributed by atoms with Crippen molar-refractivity contribution >= 4 is 23.6 Å². The first-order chi connectivity index (χ1) is 10.1. The van der Waals surface area contributed by atoms with Crippen LogP contribution in [0.1, 0.15) is 23.7 Å². The van der Waals surface area contributed by atoms with Gasteiger partial charge in [0.1, 0.15) is 11.8 Å². The second-order valence-electron chi connectivity index (χ2n) is 4.26. The van der Waals surface area contributed by atoms with Gasteiger partial charge in [0.25, 0.3) is 5.91 Å². The van der Waals surface area contributed by atoms with E-state index in [1.54, 1.807) is 43.0 Å². The molecule has 6 heteroatoms. The van der Waals surface area contributed by atoms with Crippen LogP contribution in [0.2, 0.25) is 0 Å². The van der Waals surface area contributed by atoms with Gasteiger partial charge in [0.15, 0.2) is 0 Å². The molecule has 0 aromatic heterocycles. The number of esters is 1. The molecule has 0 aliphatic carbocycles. The molecule has 1 atom stereocenters. The number of methoxy groups -OCH3 is 1. The molecule has 0 bridgehead atoms. The number of carbonyl (C=O) groups is 2. The first-order valence-electron chi connectivity index (χ1n) is 6.73. The van der Waals surface area contributed by atoms with Gasteiger partial charge in [-0.25, -0.2) is 4.79 Å². The summed E-state index contributed by atoms with van der Waals surface area (Å²) in [4.78, 5) is 24.2. The average molecular weight is 311 g/mol. The van der Waals surface area contributed by atoms with E-state index in [0.717, 1.165) is 5.75 Å². The van der Waals surface area contributed by atoms with E-state index < -0.39 is 12.0 Å². The Balaban J connectivity index is 2.81. The molecule has 21 heavy (non-hydrogen) atoms. The van der Waals surface area contributed by atoms with Crippen molar-refractivity contribution in [1.29, 1.82) is 0 Å². The summed E-state index contributed by atoms with van der Waals surface area (Å²) in [6, 6.07) is 6.25. The molecule has 1 aromatic rings. The summed E-state index contributed by atoms with van der Waals surface area (Å²) in [6.07, 6.45) is 2.48. The fourth-order valence-electron chi connectivity index (χ4n) is 1.80. The van der Waals surface area contributed by atoms with E-state index in [0.29, 0.717) is 24.3 Å². The molecule has 1 aromatic carbocycles. The quantitative estimate of drug-likeness (QED) is 0.745. The first kappa shape index (κ1) is 17.4. The summed E-state index contributed by atoms with van der Waals surface area (Å²) in [5.41, 5.74) is 0.401. The van der Waals surface area contributed by atoms with Crippen LogP contribution in [0.3, 0.4) is 0 Å². The second kappa shape index (κ2) is 9.28. The van der Waals surface area contributed by atoms with Crippen molar-refractivity contribution in [3.8, 4) is 5.75 Å². The number of amides is 1. The number of carbonyl (C=O) groups excluding carboxylic acids is 2. The molecule has 0 saturated heterocycles. The van der Waals surface area contributed by atoms with Crippen molar-refractivity contribution in [3.63, 3.8) is 0 Å². The standard InChI is InChI=1S/C15H21NO4S/c1-4-20-15(18)12(9-10-21-3)16-14(17)11-7-5-6-8-13(11)19-2/h5-8,12H,4,9-10H2,1-3H3,(H,16,17). The van der Waals surface area contributed by atoms with Crippen molar-refractivity contribution in [2.45, 2.75) is 19.4 Å². The predicted molar refractivity (Wildman–Crippen MR) is 83.9 cm³/mol. The van der Waals surface area contributed by atoms with Gasteiger partial charge in [0, 0.05) is 0 Å². The Bertz CT molecular complexity index is 478. The number of nitrogens with one attached hydrogen (secondary N) is 1. The van der Waals surface area contributed by atoms with Gasteiger partial charge in [-0.2, -0.15) is 11.8 Å². The minimum absolute atomic E-state index is 0.291. The molecular formula is C15H21NO4S. The van der Waals surface area contributed by atoms with E-state index in [9.17, 15) is 9.59 Å². The number of hydrogen-bond acceptors (Lipinski definition) is 5. The molecule has 116 valence electrons. The average Bonchev–Trinajstić information content (AvgIpc) is 2.51. The maximum absolute atomic E-state index is 12.3. The van der Waals surface area contributed by atoms with E-state index in [1.165, 1.54) is 7.11 Å². The lowest BCUT2D eigenvalue weighted by Crippen LogP contribution is -2.42. The van der Waals surface area contributed by atoms with Gasteiger partial charge in [-0.1, -0.05) is 12.1 Å². The van der Waals surface area contributed by atoms with Crippen LogP contribution >= 0.6 is 11.8 Å². The molecule has 1 rings (SSSR count). The topological polar surface area (TPSA) is 64.6 Å². The monoisotopic (exact) mass is 311 g/mol. The first-order valence-corrected chi connectivity index (χ1v) is 8.12. The number of para-hydroxylation sites is 1. The Kier molecular flexibility index (Phi) is 7.68. The lowest BCUT2D eigenvalue weighted by atomic mass is 10.1. The van der Waals surface area contributed by atoms with Crippen LogP contribution in [0.4, 0.5) is 0 Å². The van der Waals surface area contributed by atoms with Gasteiger partial charge in [-0.3, -0.25) is 4.79 Å². The minimum atomic E-state index is -0.644. The number of ether oxygens (including phenoxy) is 2. The minimum Gasteiger partial charge on any atom is -0.496 e. The maximum Gasteiger partial charge on any atom is 0.328 e. The van der Waals surface area contributed by atoms with Crippen molar-refractivity contribution < 1.29 is 19.1 Å².